The van der Waals surface area contributed by atoms with Crippen molar-refractivity contribution >= 4 is 34.9 Å². The molecule has 0 bridgehead atoms. The molecule has 0 aliphatic rings. The first-order chi connectivity index (χ1) is 14.4. The van der Waals surface area contributed by atoms with Crippen LogP contribution in [0.5, 0.6) is 0 Å². The van der Waals surface area contributed by atoms with Gasteiger partial charge in [-0.15, -0.1) is 5.10 Å². The van der Waals surface area contributed by atoms with Gasteiger partial charge in [-0.3, -0.25) is 0 Å². The molecule has 0 fully saturated rings. The molecule has 0 saturated heterocycles. The van der Waals surface area contributed by atoms with Crippen molar-refractivity contribution in [2.45, 2.75) is 20.4 Å². The van der Waals surface area contributed by atoms with E-state index < -0.39 is 0 Å². The van der Waals surface area contributed by atoms with E-state index in [1.807, 2.05) is 62.4 Å². The maximum absolute atomic E-state index is 13.0. The van der Waals surface area contributed by atoms with Gasteiger partial charge in [-0.25, -0.2) is 9.48 Å². The smallest absolute Gasteiger partial charge is 0.244 e. The molecule has 0 radical (unpaired) electrons. The Labute approximate surface area is 184 Å². The van der Waals surface area contributed by atoms with Crippen LogP contribution in [0.2, 0.25) is 10.0 Å². The molecule has 30 heavy (non-hydrogen) atoms. The van der Waals surface area contributed by atoms with E-state index in [0.717, 1.165) is 22.3 Å². The van der Waals surface area contributed by atoms with Crippen LogP contribution in [-0.2, 0) is 6.54 Å². The van der Waals surface area contributed by atoms with Crippen molar-refractivity contribution < 1.29 is 0 Å². The third-order valence-electron chi connectivity index (χ3n) is 4.75. The van der Waals surface area contributed by atoms with Gasteiger partial charge in [-0.1, -0.05) is 67.9 Å². The van der Waals surface area contributed by atoms with E-state index in [-0.39, 0.29) is 11.6 Å². The van der Waals surface area contributed by atoms with Crippen LogP contribution in [0.25, 0.3) is 34.0 Å². The lowest BCUT2D eigenvalue weighted by molar-refractivity contribution is 0.469. The predicted octanol–water partition coefficient (Wildman–Crippen LogP) is 5.83. The zero-order valence-corrected chi connectivity index (χ0v) is 18.2. The van der Waals surface area contributed by atoms with Crippen LogP contribution < -0.4 is 5.69 Å². The Morgan fingerprint density at radius 2 is 1.47 bits per heavy atom. The third kappa shape index (κ3) is 3.66. The van der Waals surface area contributed by atoms with Crippen LogP contribution in [0.3, 0.4) is 0 Å². The summed E-state index contributed by atoms with van der Waals surface area (Å²) in [5.41, 5.74) is 4.19. The average molecular weight is 439 g/mol. The fraction of sp³-hybridized carbons (Fsp3) is 0.174. The van der Waals surface area contributed by atoms with Crippen LogP contribution in [0.1, 0.15) is 19.5 Å². The van der Waals surface area contributed by atoms with Crippen molar-refractivity contribution in [1.82, 2.24) is 19.4 Å². The summed E-state index contributed by atoms with van der Waals surface area (Å²) < 4.78 is 2.81. The molecule has 152 valence electrons. The van der Waals surface area contributed by atoms with E-state index in [9.17, 15) is 4.79 Å². The zero-order valence-electron chi connectivity index (χ0n) is 16.6. The first kappa shape index (κ1) is 20.4. The second-order valence-corrected chi connectivity index (χ2v) is 8.32. The van der Waals surface area contributed by atoms with Gasteiger partial charge >= 0.3 is 5.69 Å². The van der Waals surface area contributed by atoms with Crippen molar-refractivity contribution in [3.8, 4) is 22.3 Å². The van der Waals surface area contributed by atoms with Crippen LogP contribution in [0.4, 0.5) is 0 Å². The van der Waals surface area contributed by atoms with Crippen LogP contribution in [0, 0.1) is 5.92 Å². The Hall–Kier alpha value is -2.89. The highest BCUT2D eigenvalue weighted by atomic mass is 35.5. The lowest BCUT2D eigenvalue weighted by Gasteiger charge is -2.14. The molecule has 4 aromatic rings. The summed E-state index contributed by atoms with van der Waals surface area (Å²) in [7, 11) is 0. The van der Waals surface area contributed by atoms with Crippen molar-refractivity contribution in [1.29, 1.82) is 0 Å². The van der Waals surface area contributed by atoms with Gasteiger partial charge in [0.2, 0.25) is 0 Å². The largest absolute Gasteiger partial charge is 0.367 e. The van der Waals surface area contributed by atoms with Crippen LogP contribution in [0.15, 0.2) is 59.9 Å². The Bertz CT molecular complexity index is 1290. The number of aromatic nitrogens is 4. The lowest BCUT2D eigenvalue weighted by Crippen LogP contribution is -2.24. The van der Waals surface area contributed by atoms with E-state index >= 15 is 0 Å². The minimum Gasteiger partial charge on any atom is -0.244 e. The van der Waals surface area contributed by atoms with Crippen LogP contribution >= 0.6 is 23.2 Å². The van der Waals surface area contributed by atoms with Crippen molar-refractivity contribution in [3.63, 3.8) is 0 Å². The van der Waals surface area contributed by atoms with Crippen molar-refractivity contribution in [2.75, 3.05) is 0 Å². The number of hydrogen-bond acceptors (Lipinski definition) is 3. The molecule has 2 aromatic carbocycles. The summed E-state index contributed by atoms with van der Waals surface area (Å²) in [6.45, 7) is 8.50. The summed E-state index contributed by atoms with van der Waals surface area (Å²) in [4.78, 5) is 13.0. The van der Waals surface area contributed by atoms with Gasteiger partial charge in [-0.2, -0.15) is 9.61 Å². The summed E-state index contributed by atoms with van der Waals surface area (Å²) >= 11 is 12.2. The Morgan fingerprint density at radius 1 is 0.933 bits per heavy atom. The van der Waals surface area contributed by atoms with E-state index in [0.29, 0.717) is 27.9 Å². The number of benzene rings is 2. The number of nitrogens with zero attached hydrogens (tertiary/aromatic N) is 4. The Morgan fingerprint density at radius 3 is 1.97 bits per heavy atom. The summed E-state index contributed by atoms with van der Waals surface area (Å²) in [5, 5.41) is 10.5. The fourth-order valence-corrected chi connectivity index (χ4v) is 3.70. The van der Waals surface area contributed by atoms with Gasteiger partial charge in [0.25, 0.3) is 0 Å². The van der Waals surface area contributed by atoms with E-state index in [1.165, 1.54) is 9.20 Å². The first-order valence-corrected chi connectivity index (χ1v) is 10.3. The molecule has 2 heterocycles. The van der Waals surface area contributed by atoms with Gasteiger partial charge in [-0.05, 0) is 47.4 Å². The summed E-state index contributed by atoms with van der Waals surface area (Å²) in [5.74, 6) is 0.265. The molecule has 4 rings (SSSR count). The van der Waals surface area contributed by atoms with Crippen molar-refractivity contribution in [3.05, 3.63) is 81.3 Å². The molecule has 0 N–H and O–H groups in total. The lowest BCUT2D eigenvalue weighted by atomic mass is 9.94. The number of halogens is 2. The molecule has 0 aliphatic carbocycles. The highest BCUT2D eigenvalue weighted by molar-refractivity contribution is 6.31. The molecular formula is C23H20Cl2N4O. The Balaban J connectivity index is 2.13. The second-order valence-electron chi connectivity index (χ2n) is 7.45. The molecule has 0 spiro atoms. The quantitative estimate of drug-likeness (QED) is 0.393. The summed E-state index contributed by atoms with van der Waals surface area (Å²) in [6, 6.07) is 14.9. The number of fused-ring (bicyclic) bond motifs is 1. The fourth-order valence-electron chi connectivity index (χ4n) is 3.45. The van der Waals surface area contributed by atoms with Gasteiger partial charge in [0.1, 0.15) is 0 Å². The van der Waals surface area contributed by atoms with E-state index in [2.05, 4.69) is 16.8 Å². The van der Waals surface area contributed by atoms with E-state index in [1.54, 1.807) is 6.08 Å². The van der Waals surface area contributed by atoms with Gasteiger partial charge < -0.3 is 0 Å². The minimum atomic E-state index is -0.278. The monoisotopic (exact) mass is 438 g/mol. The molecule has 0 amide bonds. The standard InChI is InChI=1S/C23H20Cl2N4O/c1-4-19-20(15-5-9-17(24)10-6-15)21(16-7-11-18(25)12-8-16)22-27-28(13-14(2)3)23(30)29(22)26-19/h4-12,14H,1,13H2,2-3H3. The normalized spacial score (nSPS) is 11.4. The molecule has 2 aromatic heterocycles. The zero-order chi connectivity index (χ0) is 21.4. The number of hydrogen-bond donors (Lipinski definition) is 0. The SMILES string of the molecule is C=Cc1nn2c(=O)n(CC(C)C)nc2c(-c2ccc(Cl)cc2)c1-c1ccc(Cl)cc1. The van der Waals surface area contributed by atoms with Crippen LogP contribution in [-0.4, -0.2) is 19.4 Å². The molecule has 7 heteroatoms. The molecular weight excluding hydrogens is 419 g/mol. The predicted molar refractivity (Wildman–Crippen MR) is 123 cm³/mol. The molecule has 5 nitrogen and oxygen atoms in total. The maximum Gasteiger partial charge on any atom is 0.367 e. The average Bonchev–Trinajstić information content (AvgIpc) is 3.02. The van der Waals surface area contributed by atoms with Crippen molar-refractivity contribution in [2.24, 2.45) is 5.92 Å². The second kappa shape index (κ2) is 8.09. The van der Waals surface area contributed by atoms with Gasteiger partial charge in [0.15, 0.2) is 5.65 Å². The minimum absolute atomic E-state index is 0.265. The highest BCUT2D eigenvalue weighted by Gasteiger charge is 2.22. The molecule has 0 aliphatic heterocycles. The Kier molecular flexibility index (Phi) is 5.50. The molecule has 0 unspecified atom stereocenters. The highest BCUT2D eigenvalue weighted by Crippen LogP contribution is 2.37. The summed E-state index contributed by atoms with van der Waals surface area (Å²) in [6.07, 6.45) is 1.65. The molecule has 0 saturated carbocycles. The van der Waals surface area contributed by atoms with Gasteiger partial charge in [0.05, 0.1) is 5.69 Å². The molecule has 0 atom stereocenters. The maximum atomic E-state index is 13.0. The topological polar surface area (TPSA) is 52.2 Å². The third-order valence-corrected chi connectivity index (χ3v) is 5.26. The van der Waals surface area contributed by atoms with Gasteiger partial charge in [0, 0.05) is 27.7 Å². The first-order valence-electron chi connectivity index (χ1n) is 9.57. The van der Waals surface area contributed by atoms with E-state index in [4.69, 9.17) is 23.2 Å². The number of rotatable bonds is 5.